The van der Waals surface area contributed by atoms with Gasteiger partial charge in [-0.2, -0.15) is 0 Å². The molecule has 0 bridgehead atoms. The van der Waals surface area contributed by atoms with Crippen LogP contribution in [0.3, 0.4) is 0 Å². The Bertz CT molecular complexity index is 113. The molecule has 0 aromatic rings. The average molecular weight is 167 g/mol. The van der Waals surface area contributed by atoms with Crippen molar-refractivity contribution >= 4 is 0 Å². The van der Waals surface area contributed by atoms with Gasteiger partial charge < -0.3 is 0 Å². The summed E-state index contributed by atoms with van der Waals surface area (Å²) in [5.41, 5.74) is 0. The topological polar surface area (TPSA) is 0 Å². The van der Waals surface area contributed by atoms with E-state index in [1.54, 1.807) is 5.92 Å². The zero-order valence-corrected chi connectivity index (χ0v) is 9.06. The first kappa shape index (κ1) is 11.7. The lowest BCUT2D eigenvalue weighted by atomic mass is 9.89. The van der Waals surface area contributed by atoms with Gasteiger partial charge in [0.05, 0.1) is 0 Å². The van der Waals surface area contributed by atoms with Crippen LogP contribution in [0.25, 0.3) is 0 Å². The van der Waals surface area contributed by atoms with E-state index in [1.807, 2.05) is 0 Å². The molecule has 0 nitrogen and oxygen atoms in total. The Hall–Kier alpha value is -0.260. The Morgan fingerprint density at radius 1 is 1.42 bits per heavy atom. The van der Waals surface area contributed by atoms with E-state index in [-0.39, 0.29) is 0 Å². The van der Waals surface area contributed by atoms with Gasteiger partial charge in [-0.05, 0) is 25.2 Å². The second-order valence-corrected chi connectivity index (χ2v) is 3.66. The molecule has 1 atom stereocenters. The Balaban J connectivity index is 3.53. The SMILES string of the molecule is CC=CC[C](C)C(C)CCCC. The second kappa shape index (κ2) is 7.39. The molecular weight excluding hydrogens is 144 g/mol. The van der Waals surface area contributed by atoms with Crippen LogP contribution in [0.15, 0.2) is 12.2 Å². The molecule has 0 aliphatic heterocycles. The molecule has 0 aromatic heterocycles. The van der Waals surface area contributed by atoms with Gasteiger partial charge in [-0.25, -0.2) is 0 Å². The first-order valence-electron chi connectivity index (χ1n) is 5.15. The second-order valence-electron chi connectivity index (χ2n) is 3.66. The quantitative estimate of drug-likeness (QED) is 0.515. The van der Waals surface area contributed by atoms with Crippen LogP contribution >= 0.6 is 0 Å². The van der Waals surface area contributed by atoms with Crippen LogP contribution < -0.4 is 0 Å². The summed E-state index contributed by atoms with van der Waals surface area (Å²) in [5, 5.41) is 0. The average Bonchev–Trinajstić information content (AvgIpc) is 2.10. The van der Waals surface area contributed by atoms with Gasteiger partial charge in [-0.3, -0.25) is 0 Å². The molecule has 0 aliphatic rings. The van der Waals surface area contributed by atoms with Crippen LogP contribution in [0, 0.1) is 11.8 Å². The number of allylic oxidation sites excluding steroid dienone is 2. The summed E-state index contributed by atoms with van der Waals surface area (Å²) in [4.78, 5) is 0. The van der Waals surface area contributed by atoms with Gasteiger partial charge in [0, 0.05) is 0 Å². The van der Waals surface area contributed by atoms with Crippen molar-refractivity contribution in [3.05, 3.63) is 18.1 Å². The number of unbranched alkanes of at least 4 members (excludes halogenated alkanes) is 1. The lowest BCUT2D eigenvalue weighted by Crippen LogP contribution is -2.04. The number of hydrogen-bond donors (Lipinski definition) is 0. The largest absolute Gasteiger partial charge is 0.0916 e. The fourth-order valence-corrected chi connectivity index (χ4v) is 1.26. The minimum Gasteiger partial charge on any atom is -0.0916 e. The van der Waals surface area contributed by atoms with Crippen molar-refractivity contribution < 1.29 is 0 Å². The molecule has 0 heterocycles. The molecule has 1 radical (unpaired) electrons. The van der Waals surface area contributed by atoms with Crippen molar-refractivity contribution in [1.29, 1.82) is 0 Å². The third-order valence-electron chi connectivity index (χ3n) is 2.51. The lowest BCUT2D eigenvalue weighted by Gasteiger charge is -2.17. The van der Waals surface area contributed by atoms with Crippen LogP contribution in [0.2, 0.25) is 0 Å². The van der Waals surface area contributed by atoms with E-state index in [2.05, 4.69) is 39.8 Å². The maximum atomic E-state index is 2.34. The van der Waals surface area contributed by atoms with Crippen LogP contribution in [0.1, 0.15) is 53.4 Å². The minimum atomic E-state index is 0.807. The Kier molecular flexibility index (Phi) is 7.23. The highest BCUT2D eigenvalue weighted by atomic mass is 14.1. The molecule has 0 saturated carbocycles. The lowest BCUT2D eigenvalue weighted by molar-refractivity contribution is 0.510. The third-order valence-corrected chi connectivity index (χ3v) is 2.51. The van der Waals surface area contributed by atoms with Crippen molar-refractivity contribution in [3.8, 4) is 0 Å². The van der Waals surface area contributed by atoms with E-state index >= 15 is 0 Å². The van der Waals surface area contributed by atoms with Gasteiger partial charge >= 0.3 is 0 Å². The molecule has 0 aliphatic carbocycles. The number of rotatable bonds is 6. The van der Waals surface area contributed by atoms with Crippen LogP contribution in [-0.2, 0) is 0 Å². The Morgan fingerprint density at radius 3 is 2.58 bits per heavy atom. The molecule has 1 unspecified atom stereocenters. The zero-order valence-electron chi connectivity index (χ0n) is 9.06. The van der Waals surface area contributed by atoms with Gasteiger partial charge in [0.25, 0.3) is 0 Å². The molecule has 0 rings (SSSR count). The van der Waals surface area contributed by atoms with Gasteiger partial charge in [0.1, 0.15) is 0 Å². The van der Waals surface area contributed by atoms with Crippen molar-refractivity contribution in [1.82, 2.24) is 0 Å². The fraction of sp³-hybridized carbons (Fsp3) is 0.750. The highest BCUT2D eigenvalue weighted by Crippen LogP contribution is 2.22. The smallest absolute Gasteiger partial charge is 0.0206 e. The highest BCUT2D eigenvalue weighted by molar-refractivity contribution is 4.97. The minimum absolute atomic E-state index is 0.807. The van der Waals surface area contributed by atoms with Crippen molar-refractivity contribution in [2.45, 2.75) is 53.4 Å². The Morgan fingerprint density at radius 2 is 2.08 bits per heavy atom. The molecule has 0 heteroatoms. The van der Waals surface area contributed by atoms with Crippen molar-refractivity contribution in [2.24, 2.45) is 5.92 Å². The van der Waals surface area contributed by atoms with E-state index in [1.165, 1.54) is 25.7 Å². The molecule has 71 valence electrons. The predicted molar refractivity (Wildman–Crippen MR) is 57.0 cm³/mol. The van der Waals surface area contributed by atoms with Crippen LogP contribution in [-0.4, -0.2) is 0 Å². The van der Waals surface area contributed by atoms with E-state index in [4.69, 9.17) is 0 Å². The summed E-state index contributed by atoms with van der Waals surface area (Å²) in [6.07, 6.45) is 9.60. The summed E-state index contributed by atoms with van der Waals surface area (Å²) in [7, 11) is 0. The van der Waals surface area contributed by atoms with Gasteiger partial charge in [-0.15, -0.1) is 0 Å². The van der Waals surface area contributed by atoms with Gasteiger partial charge in [0.15, 0.2) is 0 Å². The molecule has 12 heavy (non-hydrogen) atoms. The van der Waals surface area contributed by atoms with Crippen LogP contribution in [0.4, 0.5) is 0 Å². The predicted octanol–water partition coefficient (Wildman–Crippen LogP) is 4.37. The maximum Gasteiger partial charge on any atom is -0.0206 e. The maximum absolute atomic E-state index is 2.34. The van der Waals surface area contributed by atoms with E-state index in [0.717, 1.165) is 5.92 Å². The first-order chi connectivity index (χ1) is 5.72. The molecule has 0 fully saturated rings. The van der Waals surface area contributed by atoms with E-state index in [9.17, 15) is 0 Å². The molecule has 0 N–H and O–H groups in total. The molecule has 0 aromatic carbocycles. The normalized spacial score (nSPS) is 14.4. The van der Waals surface area contributed by atoms with E-state index < -0.39 is 0 Å². The Labute approximate surface area is 78.1 Å². The molecule has 0 saturated heterocycles. The molecule has 0 amide bonds. The highest BCUT2D eigenvalue weighted by Gasteiger charge is 2.09. The first-order valence-corrected chi connectivity index (χ1v) is 5.15. The zero-order chi connectivity index (χ0) is 9.40. The van der Waals surface area contributed by atoms with Crippen molar-refractivity contribution in [2.75, 3.05) is 0 Å². The molecule has 0 spiro atoms. The molecular formula is C12H23. The number of hydrogen-bond acceptors (Lipinski definition) is 0. The van der Waals surface area contributed by atoms with Crippen LogP contribution in [0.5, 0.6) is 0 Å². The van der Waals surface area contributed by atoms with Crippen molar-refractivity contribution in [3.63, 3.8) is 0 Å². The van der Waals surface area contributed by atoms with Gasteiger partial charge in [-0.1, -0.05) is 52.2 Å². The van der Waals surface area contributed by atoms with Gasteiger partial charge in [0.2, 0.25) is 0 Å². The summed E-state index contributed by atoms with van der Waals surface area (Å²) < 4.78 is 0. The van der Waals surface area contributed by atoms with E-state index in [0.29, 0.717) is 0 Å². The fourth-order valence-electron chi connectivity index (χ4n) is 1.26. The summed E-state index contributed by atoms with van der Waals surface area (Å²) in [6.45, 7) is 8.97. The summed E-state index contributed by atoms with van der Waals surface area (Å²) in [6, 6.07) is 0. The summed E-state index contributed by atoms with van der Waals surface area (Å²) >= 11 is 0. The monoisotopic (exact) mass is 167 g/mol. The summed E-state index contributed by atoms with van der Waals surface area (Å²) in [5.74, 6) is 2.43. The standard InChI is InChI=1S/C12H23/c1-5-7-9-11(3)12(4)10-8-6-2/h5,7,12H,6,8-10H2,1-4H3. The third kappa shape index (κ3) is 5.40.